The first kappa shape index (κ1) is 29.0. The first-order valence-electron chi connectivity index (χ1n) is 11.2. The number of hydroxylamine groups is 2. The van der Waals surface area contributed by atoms with Crippen LogP contribution in [0.4, 0.5) is 0 Å². The Hall–Kier alpha value is -3.08. The summed E-state index contributed by atoms with van der Waals surface area (Å²) >= 11 is 0. The minimum absolute atomic E-state index is 0.0390. The number of amides is 4. The van der Waals surface area contributed by atoms with Crippen molar-refractivity contribution in [3.63, 3.8) is 0 Å². The Labute approximate surface area is 199 Å². The number of carbonyl (C=O) groups excluding carboxylic acids is 6. The van der Waals surface area contributed by atoms with Crippen LogP contribution in [0.3, 0.4) is 0 Å². The standard InChI is InChI=1S/C23H35N3O8/c1-22(2,13-21(32)34-26-19(30)9-10-20(26)31)15-33-16-23(3,4)14-25-18(29)7-5-11-24-17(28)8-6-12-27/h6,8,12H,5,7,9-11,13-16H2,1-4H3,(H,24,28)(H,25,29)/b8-6-. The van der Waals surface area contributed by atoms with Gasteiger partial charge in [0.05, 0.1) is 19.6 Å². The molecule has 4 amide bonds. The van der Waals surface area contributed by atoms with E-state index >= 15 is 0 Å². The van der Waals surface area contributed by atoms with Gasteiger partial charge in [-0.05, 0) is 17.9 Å². The van der Waals surface area contributed by atoms with Gasteiger partial charge in [-0.3, -0.25) is 24.0 Å². The van der Waals surface area contributed by atoms with E-state index in [1.54, 1.807) is 0 Å². The molecular weight excluding hydrogens is 446 g/mol. The Morgan fingerprint density at radius 1 is 1.00 bits per heavy atom. The summed E-state index contributed by atoms with van der Waals surface area (Å²) in [5.41, 5.74) is -0.956. The van der Waals surface area contributed by atoms with E-state index in [0.717, 1.165) is 12.2 Å². The van der Waals surface area contributed by atoms with Crippen LogP contribution in [0.2, 0.25) is 0 Å². The molecule has 0 atom stereocenters. The summed E-state index contributed by atoms with van der Waals surface area (Å²) in [7, 11) is 0. The smallest absolute Gasteiger partial charge is 0.333 e. The second kappa shape index (κ2) is 13.6. The minimum Gasteiger partial charge on any atom is -0.380 e. The first-order chi connectivity index (χ1) is 15.8. The summed E-state index contributed by atoms with van der Waals surface area (Å²) in [4.78, 5) is 73.6. The third-order valence-electron chi connectivity index (χ3n) is 4.78. The SMILES string of the molecule is CC(C)(CNC(=O)CCCNC(=O)/C=C\C=O)COCC(C)(C)CC(=O)ON1C(=O)CCC1=O. The monoisotopic (exact) mass is 481 g/mol. The highest BCUT2D eigenvalue weighted by molar-refractivity contribution is 6.01. The highest BCUT2D eigenvalue weighted by Gasteiger charge is 2.34. The zero-order chi connectivity index (χ0) is 25.8. The largest absolute Gasteiger partial charge is 0.380 e. The molecule has 0 aromatic rings. The number of carbonyl (C=O) groups is 6. The molecule has 0 aromatic heterocycles. The fourth-order valence-electron chi connectivity index (χ4n) is 2.96. The number of hydrogen-bond donors (Lipinski definition) is 2. The molecule has 2 N–H and O–H groups in total. The molecule has 1 rings (SSSR count). The summed E-state index contributed by atoms with van der Waals surface area (Å²) in [6.45, 7) is 8.74. The number of nitrogens with zero attached hydrogens (tertiary/aromatic N) is 1. The van der Waals surface area contributed by atoms with Crippen LogP contribution >= 0.6 is 0 Å². The van der Waals surface area contributed by atoms with Crippen LogP contribution in [0.1, 0.15) is 59.8 Å². The van der Waals surface area contributed by atoms with Gasteiger partial charge in [0.15, 0.2) is 0 Å². The second-order valence-corrected chi connectivity index (χ2v) is 9.71. The van der Waals surface area contributed by atoms with E-state index in [-0.39, 0.29) is 49.5 Å². The lowest BCUT2D eigenvalue weighted by Crippen LogP contribution is -2.38. The normalized spacial score (nSPS) is 14.4. The molecule has 11 nitrogen and oxygen atoms in total. The molecule has 1 fully saturated rings. The fraction of sp³-hybridized carbons (Fsp3) is 0.652. The van der Waals surface area contributed by atoms with Crippen molar-refractivity contribution in [3.8, 4) is 0 Å². The third-order valence-corrected chi connectivity index (χ3v) is 4.78. The van der Waals surface area contributed by atoms with Gasteiger partial charge in [0.2, 0.25) is 11.8 Å². The van der Waals surface area contributed by atoms with Crippen molar-refractivity contribution in [1.29, 1.82) is 0 Å². The van der Waals surface area contributed by atoms with E-state index in [4.69, 9.17) is 9.57 Å². The molecule has 0 radical (unpaired) electrons. The average molecular weight is 482 g/mol. The van der Waals surface area contributed by atoms with Gasteiger partial charge in [-0.2, -0.15) is 0 Å². The Kier molecular flexibility index (Phi) is 11.6. The van der Waals surface area contributed by atoms with E-state index in [1.165, 1.54) is 0 Å². The van der Waals surface area contributed by atoms with Crippen molar-refractivity contribution in [2.45, 2.75) is 59.8 Å². The number of allylic oxidation sites excluding steroid dienone is 1. The van der Waals surface area contributed by atoms with Gasteiger partial charge in [0.25, 0.3) is 11.8 Å². The van der Waals surface area contributed by atoms with E-state index in [1.807, 2.05) is 27.7 Å². The summed E-state index contributed by atoms with van der Waals surface area (Å²) in [5.74, 6) is -2.26. The third kappa shape index (κ3) is 11.7. The van der Waals surface area contributed by atoms with Gasteiger partial charge in [-0.25, -0.2) is 4.79 Å². The number of rotatable bonds is 15. The zero-order valence-electron chi connectivity index (χ0n) is 20.3. The summed E-state index contributed by atoms with van der Waals surface area (Å²) in [6.07, 6.45) is 3.47. The van der Waals surface area contributed by atoms with Crippen molar-refractivity contribution in [3.05, 3.63) is 12.2 Å². The number of hydrogen-bond acceptors (Lipinski definition) is 8. The first-order valence-corrected chi connectivity index (χ1v) is 11.2. The molecule has 0 spiro atoms. The van der Waals surface area contributed by atoms with Gasteiger partial charge in [0.1, 0.15) is 6.29 Å². The molecule has 1 saturated heterocycles. The maximum atomic E-state index is 12.1. The lowest BCUT2D eigenvalue weighted by Gasteiger charge is -2.29. The quantitative estimate of drug-likeness (QED) is 0.151. The molecule has 0 bridgehead atoms. The number of ether oxygens (including phenoxy) is 1. The predicted molar refractivity (Wildman–Crippen MR) is 121 cm³/mol. The number of nitrogens with one attached hydrogen (secondary N) is 2. The van der Waals surface area contributed by atoms with Crippen LogP contribution in [0, 0.1) is 10.8 Å². The van der Waals surface area contributed by atoms with Crippen LogP contribution in [0.25, 0.3) is 0 Å². The van der Waals surface area contributed by atoms with E-state index < -0.39 is 23.2 Å². The molecule has 0 saturated carbocycles. The van der Waals surface area contributed by atoms with Crippen molar-refractivity contribution >= 4 is 35.9 Å². The van der Waals surface area contributed by atoms with Crippen LogP contribution in [-0.2, 0) is 38.3 Å². The Morgan fingerprint density at radius 3 is 2.24 bits per heavy atom. The molecule has 0 aliphatic carbocycles. The van der Waals surface area contributed by atoms with E-state index in [2.05, 4.69) is 10.6 Å². The Morgan fingerprint density at radius 2 is 1.62 bits per heavy atom. The molecular formula is C23H35N3O8. The highest BCUT2D eigenvalue weighted by Crippen LogP contribution is 2.24. The van der Waals surface area contributed by atoms with Crippen molar-refractivity contribution < 1.29 is 38.3 Å². The van der Waals surface area contributed by atoms with E-state index in [0.29, 0.717) is 37.5 Å². The molecule has 1 aliphatic rings. The molecule has 0 unspecified atom stereocenters. The second-order valence-electron chi connectivity index (χ2n) is 9.71. The van der Waals surface area contributed by atoms with Gasteiger partial charge >= 0.3 is 5.97 Å². The number of aldehydes is 1. The predicted octanol–water partition coefficient (Wildman–Crippen LogP) is 0.820. The summed E-state index contributed by atoms with van der Waals surface area (Å²) in [5, 5.41) is 5.94. The van der Waals surface area contributed by atoms with Crippen molar-refractivity contribution in [1.82, 2.24) is 15.7 Å². The lowest BCUT2D eigenvalue weighted by atomic mass is 9.90. The zero-order valence-corrected chi connectivity index (χ0v) is 20.3. The molecule has 0 aromatic carbocycles. The molecule has 1 aliphatic heterocycles. The highest BCUT2D eigenvalue weighted by atomic mass is 16.7. The van der Waals surface area contributed by atoms with E-state index in [9.17, 15) is 28.8 Å². The summed E-state index contributed by atoms with van der Waals surface area (Å²) in [6, 6.07) is 0. The fourth-order valence-corrected chi connectivity index (χ4v) is 2.96. The Balaban J connectivity index is 2.27. The maximum Gasteiger partial charge on any atom is 0.333 e. The molecule has 1 heterocycles. The summed E-state index contributed by atoms with van der Waals surface area (Å²) < 4.78 is 5.78. The Bertz CT molecular complexity index is 788. The average Bonchev–Trinajstić information content (AvgIpc) is 3.05. The van der Waals surface area contributed by atoms with Crippen molar-refractivity contribution in [2.75, 3.05) is 26.3 Å². The lowest BCUT2D eigenvalue weighted by molar-refractivity contribution is -0.199. The van der Waals surface area contributed by atoms with Gasteiger partial charge in [-0.1, -0.05) is 27.7 Å². The van der Waals surface area contributed by atoms with Gasteiger partial charge in [-0.15, -0.1) is 5.06 Å². The van der Waals surface area contributed by atoms with Crippen LogP contribution in [0.15, 0.2) is 12.2 Å². The van der Waals surface area contributed by atoms with Crippen LogP contribution in [0.5, 0.6) is 0 Å². The maximum absolute atomic E-state index is 12.1. The molecule has 11 heteroatoms. The van der Waals surface area contributed by atoms with Crippen molar-refractivity contribution in [2.24, 2.45) is 10.8 Å². The molecule has 190 valence electrons. The number of imide groups is 1. The van der Waals surface area contributed by atoms with Gasteiger partial charge < -0.3 is 20.2 Å². The van der Waals surface area contributed by atoms with Crippen LogP contribution < -0.4 is 10.6 Å². The topological polar surface area (TPSA) is 148 Å². The van der Waals surface area contributed by atoms with Crippen LogP contribution in [-0.4, -0.2) is 67.3 Å². The minimum atomic E-state index is -0.681. The molecule has 34 heavy (non-hydrogen) atoms. The van der Waals surface area contributed by atoms with Gasteiger partial charge in [0, 0.05) is 43.8 Å².